The number of carbonyl (C=O) groups excluding carboxylic acids is 1. The highest BCUT2D eigenvalue weighted by atomic mass is 35.5. The van der Waals surface area contributed by atoms with Crippen molar-refractivity contribution in [1.82, 2.24) is 9.78 Å². The van der Waals surface area contributed by atoms with E-state index in [2.05, 4.69) is 10.4 Å². The first-order chi connectivity index (χ1) is 14.4. The number of thiophene rings is 1. The number of benzene rings is 2. The van der Waals surface area contributed by atoms with E-state index < -0.39 is 5.82 Å². The van der Waals surface area contributed by atoms with Gasteiger partial charge in [-0.25, -0.2) is 9.07 Å². The lowest BCUT2D eigenvalue weighted by Gasteiger charge is -2.18. The zero-order valence-corrected chi connectivity index (χ0v) is 17.3. The number of amides is 1. The van der Waals surface area contributed by atoms with E-state index in [1.54, 1.807) is 48.7 Å². The van der Waals surface area contributed by atoms with Gasteiger partial charge in [0.25, 0.3) is 5.91 Å². The molecule has 0 spiro atoms. The molecule has 4 aromatic rings. The SMILES string of the molecule is Cc1nn(-c2ccc(F)cc2)c(NC(=O)c2cccs2)c(-c2ccc(Cl)cc2)c1=O. The van der Waals surface area contributed by atoms with Crippen molar-refractivity contribution in [2.75, 3.05) is 5.32 Å². The summed E-state index contributed by atoms with van der Waals surface area (Å²) >= 11 is 7.28. The highest BCUT2D eigenvalue weighted by Crippen LogP contribution is 2.29. The summed E-state index contributed by atoms with van der Waals surface area (Å²) in [7, 11) is 0. The maximum atomic E-state index is 13.5. The molecule has 0 aliphatic rings. The third-order valence-electron chi connectivity index (χ3n) is 4.44. The Bertz CT molecular complexity index is 1270. The van der Waals surface area contributed by atoms with Gasteiger partial charge in [0.05, 0.1) is 16.1 Å². The van der Waals surface area contributed by atoms with Gasteiger partial charge in [0.15, 0.2) is 0 Å². The van der Waals surface area contributed by atoms with Crippen LogP contribution >= 0.6 is 22.9 Å². The van der Waals surface area contributed by atoms with Gasteiger partial charge in [0, 0.05) is 5.02 Å². The van der Waals surface area contributed by atoms with Crippen LogP contribution in [-0.2, 0) is 0 Å². The molecule has 0 bridgehead atoms. The van der Waals surface area contributed by atoms with Gasteiger partial charge in [-0.15, -0.1) is 11.3 Å². The van der Waals surface area contributed by atoms with Crippen LogP contribution in [0.1, 0.15) is 15.4 Å². The zero-order valence-electron chi connectivity index (χ0n) is 15.7. The van der Waals surface area contributed by atoms with Gasteiger partial charge >= 0.3 is 0 Å². The number of hydrogen-bond donors (Lipinski definition) is 1. The van der Waals surface area contributed by atoms with Crippen molar-refractivity contribution in [1.29, 1.82) is 0 Å². The molecule has 30 heavy (non-hydrogen) atoms. The number of nitrogens with zero attached hydrogens (tertiary/aromatic N) is 2. The predicted octanol–water partition coefficient (Wildman–Crippen LogP) is 5.31. The lowest BCUT2D eigenvalue weighted by Crippen LogP contribution is -2.24. The molecule has 0 saturated carbocycles. The van der Waals surface area contributed by atoms with Crippen LogP contribution in [0.5, 0.6) is 0 Å². The number of anilines is 1. The van der Waals surface area contributed by atoms with E-state index >= 15 is 0 Å². The summed E-state index contributed by atoms with van der Waals surface area (Å²) in [6.45, 7) is 1.59. The Morgan fingerprint density at radius 3 is 2.43 bits per heavy atom. The van der Waals surface area contributed by atoms with E-state index in [1.165, 1.54) is 40.3 Å². The summed E-state index contributed by atoms with van der Waals surface area (Å²) in [4.78, 5) is 26.4. The minimum Gasteiger partial charge on any atom is -0.305 e. The van der Waals surface area contributed by atoms with Gasteiger partial charge < -0.3 is 5.32 Å². The molecule has 0 aliphatic carbocycles. The van der Waals surface area contributed by atoms with E-state index in [4.69, 9.17) is 11.6 Å². The van der Waals surface area contributed by atoms with Gasteiger partial charge in [0.2, 0.25) is 5.43 Å². The normalized spacial score (nSPS) is 10.8. The molecule has 5 nitrogen and oxygen atoms in total. The van der Waals surface area contributed by atoms with Crippen molar-refractivity contribution in [2.45, 2.75) is 6.92 Å². The Morgan fingerprint density at radius 2 is 1.80 bits per heavy atom. The predicted molar refractivity (Wildman–Crippen MR) is 117 cm³/mol. The molecular formula is C22H15ClFN3O2S. The monoisotopic (exact) mass is 439 g/mol. The first kappa shape index (κ1) is 20.0. The molecule has 1 amide bonds. The summed E-state index contributed by atoms with van der Waals surface area (Å²) in [6.07, 6.45) is 0. The fourth-order valence-corrected chi connectivity index (χ4v) is 3.73. The van der Waals surface area contributed by atoms with Crippen LogP contribution in [0.4, 0.5) is 10.2 Å². The Kier molecular flexibility index (Phi) is 5.48. The summed E-state index contributed by atoms with van der Waals surface area (Å²) in [6, 6.07) is 15.8. The standard InChI is InChI=1S/C22H15ClFN3O2S/c1-13-20(28)19(14-4-6-15(23)7-5-14)21(25-22(29)18-3-2-12-30-18)27(26-13)17-10-8-16(24)9-11-17/h2-12H,1H3,(H,25,29). The molecule has 0 atom stereocenters. The molecule has 0 saturated heterocycles. The number of nitrogens with one attached hydrogen (secondary N) is 1. The minimum atomic E-state index is -0.404. The van der Waals surface area contributed by atoms with Crippen LogP contribution in [0.25, 0.3) is 16.8 Å². The van der Waals surface area contributed by atoms with Crippen LogP contribution in [-0.4, -0.2) is 15.7 Å². The lowest BCUT2D eigenvalue weighted by molar-refractivity contribution is 0.102. The topological polar surface area (TPSA) is 64.0 Å². The average Bonchev–Trinajstić information content (AvgIpc) is 3.28. The Labute approximate surface area is 180 Å². The highest BCUT2D eigenvalue weighted by Gasteiger charge is 2.21. The Balaban J connectivity index is 1.97. The fraction of sp³-hybridized carbons (Fsp3) is 0.0455. The molecule has 0 radical (unpaired) electrons. The molecule has 2 heterocycles. The Morgan fingerprint density at radius 1 is 1.10 bits per heavy atom. The van der Waals surface area contributed by atoms with Crippen LogP contribution in [0.2, 0.25) is 5.02 Å². The molecule has 2 aromatic heterocycles. The van der Waals surface area contributed by atoms with E-state index in [9.17, 15) is 14.0 Å². The number of aromatic nitrogens is 2. The molecule has 2 aromatic carbocycles. The molecule has 0 unspecified atom stereocenters. The van der Waals surface area contributed by atoms with Gasteiger partial charge in [0.1, 0.15) is 17.3 Å². The number of aryl methyl sites for hydroxylation is 1. The second kappa shape index (κ2) is 8.22. The van der Waals surface area contributed by atoms with E-state index in [0.717, 1.165) is 0 Å². The second-order valence-corrected chi connectivity index (χ2v) is 7.85. The van der Waals surface area contributed by atoms with Crippen LogP contribution in [0.15, 0.2) is 70.8 Å². The van der Waals surface area contributed by atoms with Crippen molar-refractivity contribution in [3.8, 4) is 16.8 Å². The minimum absolute atomic E-state index is 0.193. The van der Waals surface area contributed by atoms with Gasteiger partial charge in [-0.1, -0.05) is 29.8 Å². The largest absolute Gasteiger partial charge is 0.305 e. The van der Waals surface area contributed by atoms with Gasteiger partial charge in [-0.05, 0) is 60.3 Å². The molecule has 8 heteroatoms. The van der Waals surface area contributed by atoms with Crippen molar-refractivity contribution < 1.29 is 9.18 Å². The van der Waals surface area contributed by atoms with Crippen molar-refractivity contribution in [2.24, 2.45) is 0 Å². The maximum Gasteiger partial charge on any atom is 0.266 e. The molecular weight excluding hydrogens is 425 g/mol. The van der Waals surface area contributed by atoms with Gasteiger partial charge in [-0.3, -0.25) is 9.59 Å². The van der Waals surface area contributed by atoms with E-state index in [1.807, 2.05) is 0 Å². The number of rotatable bonds is 4. The average molecular weight is 440 g/mol. The molecule has 0 fully saturated rings. The highest BCUT2D eigenvalue weighted by molar-refractivity contribution is 7.12. The third-order valence-corrected chi connectivity index (χ3v) is 5.56. The van der Waals surface area contributed by atoms with Crippen LogP contribution < -0.4 is 10.7 Å². The van der Waals surface area contributed by atoms with Crippen molar-refractivity contribution in [3.05, 3.63) is 97.7 Å². The molecule has 150 valence electrons. The molecule has 0 aliphatic heterocycles. The van der Waals surface area contributed by atoms with Crippen molar-refractivity contribution in [3.63, 3.8) is 0 Å². The van der Waals surface area contributed by atoms with E-state index in [-0.39, 0.29) is 28.4 Å². The van der Waals surface area contributed by atoms with Crippen LogP contribution in [0, 0.1) is 12.7 Å². The molecule has 1 N–H and O–H groups in total. The lowest BCUT2D eigenvalue weighted by atomic mass is 10.1. The fourth-order valence-electron chi connectivity index (χ4n) is 2.99. The first-order valence-electron chi connectivity index (χ1n) is 8.94. The number of carbonyl (C=O) groups is 1. The van der Waals surface area contributed by atoms with Crippen molar-refractivity contribution >= 4 is 34.7 Å². The maximum absolute atomic E-state index is 13.5. The molecule has 4 rings (SSSR count). The summed E-state index contributed by atoms with van der Waals surface area (Å²) in [5, 5.41) is 9.48. The quantitative estimate of drug-likeness (QED) is 0.468. The summed E-state index contributed by atoms with van der Waals surface area (Å²) in [5.74, 6) is -0.585. The summed E-state index contributed by atoms with van der Waals surface area (Å²) in [5.41, 5.74) is 1.26. The summed E-state index contributed by atoms with van der Waals surface area (Å²) < 4.78 is 14.9. The smallest absolute Gasteiger partial charge is 0.266 e. The number of hydrogen-bond acceptors (Lipinski definition) is 4. The van der Waals surface area contributed by atoms with Crippen LogP contribution in [0.3, 0.4) is 0 Å². The second-order valence-electron chi connectivity index (χ2n) is 6.46. The zero-order chi connectivity index (χ0) is 21.3. The Hall–Kier alpha value is -3.29. The first-order valence-corrected chi connectivity index (χ1v) is 10.2. The number of halogens is 2. The van der Waals surface area contributed by atoms with E-state index in [0.29, 0.717) is 21.2 Å². The van der Waals surface area contributed by atoms with Gasteiger partial charge in [-0.2, -0.15) is 5.10 Å². The third kappa shape index (κ3) is 3.90.